The molecule has 0 bridgehead atoms. The fourth-order valence-electron chi connectivity index (χ4n) is 2.05. The molecule has 0 aliphatic carbocycles. The number of thiophene rings is 2. The first-order valence-corrected chi connectivity index (χ1v) is 7.82. The molecule has 0 nitrogen and oxygen atoms in total. The minimum absolute atomic E-state index is 0.668. The Bertz CT molecular complexity index is 426. The Labute approximate surface area is 106 Å². The quantitative estimate of drug-likeness (QED) is 0.627. The largest absolute Gasteiger partial charge is 0.139 e. The molecule has 0 fully saturated rings. The normalized spacial score (nSPS) is 12.1. The second-order valence-electron chi connectivity index (χ2n) is 4.69. The van der Waals surface area contributed by atoms with E-state index in [-0.39, 0.29) is 0 Å². The van der Waals surface area contributed by atoms with Crippen LogP contribution in [-0.2, 0) is 0 Å². The van der Waals surface area contributed by atoms with Gasteiger partial charge in [-0.2, -0.15) is 0 Å². The highest BCUT2D eigenvalue weighted by Gasteiger charge is 2.13. The van der Waals surface area contributed by atoms with Gasteiger partial charge in [-0.1, -0.05) is 27.7 Å². The van der Waals surface area contributed by atoms with Crippen molar-refractivity contribution in [3.05, 3.63) is 21.9 Å². The molecule has 0 saturated heterocycles. The SMILES string of the molecule is CCC(CC)c1cc2sc(C(C)C)cc2s1. The molecule has 2 heterocycles. The maximum Gasteiger partial charge on any atom is 0.0456 e. The van der Waals surface area contributed by atoms with Crippen molar-refractivity contribution in [3.8, 4) is 0 Å². The Balaban J connectivity index is 2.35. The monoisotopic (exact) mass is 252 g/mol. The van der Waals surface area contributed by atoms with Crippen LogP contribution < -0.4 is 0 Å². The molecule has 0 spiro atoms. The average Bonchev–Trinajstić information content (AvgIpc) is 2.77. The summed E-state index contributed by atoms with van der Waals surface area (Å²) < 4.78 is 2.99. The predicted molar refractivity (Wildman–Crippen MR) is 77.1 cm³/mol. The molecule has 88 valence electrons. The van der Waals surface area contributed by atoms with Crippen LogP contribution in [0.15, 0.2) is 12.1 Å². The standard InChI is InChI=1S/C14H20S2/c1-5-10(6-2)12-8-14-13(16-12)7-11(15-14)9(3)4/h7-10H,5-6H2,1-4H3. The Morgan fingerprint density at radius 1 is 0.938 bits per heavy atom. The van der Waals surface area contributed by atoms with Crippen LogP contribution in [-0.4, -0.2) is 0 Å². The Hall–Kier alpha value is -0.340. The van der Waals surface area contributed by atoms with Crippen LogP contribution in [0.3, 0.4) is 0 Å². The van der Waals surface area contributed by atoms with Crippen LogP contribution in [0.5, 0.6) is 0 Å². The minimum Gasteiger partial charge on any atom is -0.139 e. The molecule has 0 aromatic carbocycles. The van der Waals surface area contributed by atoms with Crippen molar-refractivity contribution in [2.45, 2.75) is 52.4 Å². The van der Waals surface area contributed by atoms with Gasteiger partial charge in [0.25, 0.3) is 0 Å². The number of hydrogen-bond acceptors (Lipinski definition) is 2. The summed E-state index contributed by atoms with van der Waals surface area (Å²) in [5, 5.41) is 0. The summed E-state index contributed by atoms with van der Waals surface area (Å²) in [6, 6.07) is 4.81. The second-order valence-corrected chi connectivity index (χ2v) is 6.92. The van der Waals surface area contributed by atoms with Crippen molar-refractivity contribution in [1.29, 1.82) is 0 Å². The van der Waals surface area contributed by atoms with E-state index in [1.807, 2.05) is 22.7 Å². The fourth-order valence-corrected chi connectivity index (χ4v) is 4.74. The zero-order chi connectivity index (χ0) is 11.7. The highest BCUT2D eigenvalue weighted by atomic mass is 32.1. The molecular weight excluding hydrogens is 232 g/mol. The molecule has 0 radical (unpaired) electrons. The molecule has 0 N–H and O–H groups in total. The summed E-state index contributed by atoms with van der Waals surface area (Å²) in [6.45, 7) is 9.14. The average molecular weight is 252 g/mol. The smallest absolute Gasteiger partial charge is 0.0456 e. The van der Waals surface area contributed by atoms with Gasteiger partial charge in [-0.25, -0.2) is 0 Å². The van der Waals surface area contributed by atoms with E-state index >= 15 is 0 Å². The van der Waals surface area contributed by atoms with Gasteiger partial charge in [0.1, 0.15) is 0 Å². The van der Waals surface area contributed by atoms with E-state index in [9.17, 15) is 0 Å². The number of rotatable bonds is 4. The Morgan fingerprint density at radius 3 is 1.94 bits per heavy atom. The van der Waals surface area contributed by atoms with Gasteiger partial charge in [0.05, 0.1) is 0 Å². The van der Waals surface area contributed by atoms with Crippen molar-refractivity contribution in [3.63, 3.8) is 0 Å². The van der Waals surface area contributed by atoms with Crippen LogP contribution in [0.4, 0.5) is 0 Å². The molecule has 0 aliphatic heterocycles. The summed E-state index contributed by atoms with van der Waals surface area (Å²) in [5.74, 6) is 1.44. The zero-order valence-electron chi connectivity index (χ0n) is 10.5. The molecule has 2 rings (SSSR count). The van der Waals surface area contributed by atoms with Gasteiger partial charge >= 0.3 is 0 Å². The van der Waals surface area contributed by atoms with Crippen molar-refractivity contribution < 1.29 is 0 Å². The molecule has 0 unspecified atom stereocenters. The highest BCUT2D eigenvalue weighted by molar-refractivity contribution is 7.27. The molecule has 0 atom stereocenters. The molecular formula is C14H20S2. The van der Waals surface area contributed by atoms with E-state index in [4.69, 9.17) is 0 Å². The van der Waals surface area contributed by atoms with Gasteiger partial charge in [-0.3, -0.25) is 0 Å². The van der Waals surface area contributed by atoms with E-state index in [0.717, 1.165) is 5.92 Å². The van der Waals surface area contributed by atoms with Gasteiger partial charge in [-0.05, 0) is 36.8 Å². The van der Waals surface area contributed by atoms with E-state index < -0.39 is 0 Å². The molecule has 0 amide bonds. The van der Waals surface area contributed by atoms with Gasteiger partial charge in [0.15, 0.2) is 0 Å². The summed E-state index contributed by atoms with van der Waals surface area (Å²) in [6.07, 6.45) is 2.53. The molecule has 2 aromatic heterocycles. The molecule has 16 heavy (non-hydrogen) atoms. The van der Waals surface area contributed by atoms with Crippen molar-refractivity contribution >= 4 is 32.1 Å². The topological polar surface area (TPSA) is 0 Å². The summed E-state index contributed by atoms with van der Waals surface area (Å²) in [4.78, 5) is 3.11. The van der Waals surface area contributed by atoms with Crippen LogP contribution in [0, 0.1) is 0 Å². The predicted octanol–water partition coefficient (Wildman–Crippen LogP) is 5.99. The molecule has 2 heteroatoms. The lowest BCUT2D eigenvalue weighted by atomic mass is 10.0. The summed E-state index contributed by atoms with van der Waals surface area (Å²) in [5.41, 5.74) is 0. The van der Waals surface area contributed by atoms with Crippen LogP contribution in [0.1, 0.15) is 62.1 Å². The van der Waals surface area contributed by atoms with Gasteiger partial charge < -0.3 is 0 Å². The molecule has 0 saturated carbocycles. The van der Waals surface area contributed by atoms with E-state index in [0.29, 0.717) is 5.92 Å². The van der Waals surface area contributed by atoms with Gasteiger partial charge in [-0.15, -0.1) is 22.7 Å². The van der Waals surface area contributed by atoms with Crippen molar-refractivity contribution in [2.75, 3.05) is 0 Å². The number of hydrogen-bond donors (Lipinski definition) is 0. The van der Waals surface area contributed by atoms with E-state index in [2.05, 4.69) is 39.8 Å². The maximum absolute atomic E-state index is 2.42. The highest BCUT2D eigenvalue weighted by Crippen LogP contribution is 2.40. The second kappa shape index (κ2) is 4.89. The summed E-state index contributed by atoms with van der Waals surface area (Å²) in [7, 11) is 0. The van der Waals surface area contributed by atoms with Crippen molar-refractivity contribution in [2.24, 2.45) is 0 Å². The van der Waals surface area contributed by atoms with Crippen LogP contribution >= 0.6 is 22.7 Å². The first-order chi connectivity index (χ1) is 7.65. The lowest BCUT2D eigenvalue weighted by molar-refractivity contribution is 0.653. The third-order valence-electron chi connectivity index (χ3n) is 3.20. The van der Waals surface area contributed by atoms with Crippen LogP contribution in [0.2, 0.25) is 0 Å². The molecule has 0 aliphatic rings. The molecule has 2 aromatic rings. The first-order valence-electron chi connectivity index (χ1n) is 6.18. The van der Waals surface area contributed by atoms with E-state index in [1.165, 1.54) is 27.1 Å². The van der Waals surface area contributed by atoms with E-state index in [1.54, 1.807) is 4.88 Å². The van der Waals surface area contributed by atoms with Gasteiger partial charge in [0, 0.05) is 19.2 Å². The first kappa shape index (κ1) is 12.1. The number of fused-ring (bicyclic) bond motifs is 1. The van der Waals surface area contributed by atoms with Crippen LogP contribution in [0.25, 0.3) is 9.40 Å². The minimum atomic E-state index is 0.668. The fraction of sp³-hybridized carbons (Fsp3) is 0.571. The third kappa shape index (κ3) is 2.18. The zero-order valence-corrected chi connectivity index (χ0v) is 12.2. The Morgan fingerprint density at radius 2 is 1.44 bits per heavy atom. The maximum atomic E-state index is 2.42. The van der Waals surface area contributed by atoms with Gasteiger partial charge in [0.2, 0.25) is 0 Å². The van der Waals surface area contributed by atoms with Crippen molar-refractivity contribution in [1.82, 2.24) is 0 Å². The lowest BCUT2D eigenvalue weighted by Crippen LogP contribution is -1.90. The summed E-state index contributed by atoms with van der Waals surface area (Å²) >= 11 is 3.98. The lowest BCUT2D eigenvalue weighted by Gasteiger charge is -2.08. The Kier molecular flexibility index (Phi) is 3.70. The third-order valence-corrected chi connectivity index (χ3v) is 5.96.